The first-order chi connectivity index (χ1) is 13.7. The van der Waals surface area contributed by atoms with Gasteiger partial charge in [-0.15, -0.1) is 0 Å². The van der Waals surface area contributed by atoms with Crippen molar-refractivity contribution in [1.29, 1.82) is 0 Å². The van der Waals surface area contributed by atoms with E-state index < -0.39 is 10.0 Å². The lowest BCUT2D eigenvalue weighted by atomic mass is 10.2. The number of sulfonamides is 1. The van der Waals surface area contributed by atoms with E-state index in [1.165, 1.54) is 37.6 Å². The maximum absolute atomic E-state index is 12.6. The molecule has 0 saturated heterocycles. The van der Waals surface area contributed by atoms with Gasteiger partial charge in [-0.1, -0.05) is 0 Å². The third kappa shape index (κ3) is 4.61. The van der Waals surface area contributed by atoms with E-state index in [1.54, 1.807) is 18.4 Å². The highest BCUT2D eigenvalue weighted by Crippen LogP contribution is 2.17. The molecular formula is C19H23N5O4S. The number of hydrogen-bond acceptors (Lipinski definition) is 6. The van der Waals surface area contributed by atoms with Crippen molar-refractivity contribution >= 4 is 27.3 Å². The number of aromatic nitrogens is 3. The number of nitrogens with one attached hydrogen (secondary N) is 2. The second-order valence-electron chi connectivity index (χ2n) is 6.77. The Bertz CT molecular complexity index is 1140. The second kappa shape index (κ2) is 8.27. The number of benzene rings is 1. The van der Waals surface area contributed by atoms with Crippen LogP contribution in [0.1, 0.15) is 28.7 Å². The van der Waals surface area contributed by atoms with Crippen LogP contribution in [0.15, 0.2) is 41.4 Å². The smallest absolute Gasteiger partial charge is 0.259 e. The summed E-state index contributed by atoms with van der Waals surface area (Å²) >= 11 is 0. The van der Waals surface area contributed by atoms with Gasteiger partial charge in [-0.05, 0) is 45.0 Å². The summed E-state index contributed by atoms with van der Waals surface area (Å²) in [7, 11) is -2.17. The lowest BCUT2D eigenvalue weighted by Crippen LogP contribution is -2.35. The quantitative estimate of drug-likeness (QED) is 0.607. The average molecular weight is 417 g/mol. The molecule has 9 nitrogen and oxygen atoms in total. The van der Waals surface area contributed by atoms with E-state index in [-0.39, 0.29) is 23.5 Å². The molecular weight excluding hydrogens is 394 g/mol. The van der Waals surface area contributed by atoms with Crippen LogP contribution >= 0.6 is 0 Å². The number of ether oxygens (including phenoxy) is 1. The van der Waals surface area contributed by atoms with Gasteiger partial charge in [-0.2, -0.15) is 5.10 Å². The van der Waals surface area contributed by atoms with E-state index in [0.29, 0.717) is 22.6 Å². The zero-order chi connectivity index (χ0) is 21.2. The largest absolute Gasteiger partial charge is 0.383 e. The van der Waals surface area contributed by atoms with E-state index in [1.807, 2.05) is 13.0 Å². The summed E-state index contributed by atoms with van der Waals surface area (Å²) < 4.78 is 33.8. The number of aryl methyl sites for hydroxylation is 2. The fourth-order valence-electron chi connectivity index (χ4n) is 2.92. The maximum Gasteiger partial charge on any atom is 0.259 e. The van der Waals surface area contributed by atoms with Crippen LogP contribution in [0.3, 0.4) is 0 Å². The van der Waals surface area contributed by atoms with Gasteiger partial charge in [0.1, 0.15) is 0 Å². The molecule has 2 N–H and O–H groups in total. The lowest BCUT2D eigenvalue weighted by molar-refractivity contribution is 0.102. The molecule has 3 aromatic rings. The number of nitrogens with zero attached hydrogens (tertiary/aromatic N) is 3. The summed E-state index contributed by atoms with van der Waals surface area (Å²) in [5.74, 6) is -0.354. The van der Waals surface area contributed by atoms with Gasteiger partial charge in [0.15, 0.2) is 5.65 Å². The topological polar surface area (TPSA) is 115 Å². The van der Waals surface area contributed by atoms with Crippen LogP contribution in [0.25, 0.3) is 5.65 Å². The van der Waals surface area contributed by atoms with Gasteiger partial charge < -0.3 is 10.1 Å². The van der Waals surface area contributed by atoms with E-state index in [4.69, 9.17) is 4.74 Å². The molecule has 0 aliphatic heterocycles. The van der Waals surface area contributed by atoms with Crippen molar-refractivity contribution in [2.75, 3.05) is 19.0 Å². The summed E-state index contributed by atoms with van der Waals surface area (Å²) in [6.45, 7) is 5.62. The Labute approximate surface area is 169 Å². The molecule has 0 spiro atoms. The Balaban J connectivity index is 1.76. The summed E-state index contributed by atoms with van der Waals surface area (Å²) in [6, 6.07) is 7.40. The van der Waals surface area contributed by atoms with Gasteiger partial charge in [0.2, 0.25) is 10.0 Å². The van der Waals surface area contributed by atoms with Crippen LogP contribution in [-0.4, -0.2) is 48.7 Å². The molecule has 3 rings (SSSR count). The molecule has 0 saturated carbocycles. The number of carbonyl (C=O) groups excluding carboxylic acids is 1. The number of amides is 1. The molecule has 0 bridgehead atoms. The molecule has 1 atom stereocenters. The SMILES string of the molecule is COC[C@H](C)NS(=O)(=O)c1ccc(NC(=O)c2cnc3cc(C)nn3c2C)cc1. The van der Waals surface area contributed by atoms with E-state index >= 15 is 0 Å². The predicted molar refractivity (Wildman–Crippen MR) is 109 cm³/mol. The third-order valence-electron chi connectivity index (χ3n) is 4.29. The van der Waals surface area contributed by atoms with Crippen molar-refractivity contribution in [2.24, 2.45) is 0 Å². The first-order valence-electron chi connectivity index (χ1n) is 8.96. The minimum atomic E-state index is -3.67. The van der Waals surface area contributed by atoms with Gasteiger partial charge in [0.25, 0.3) is 5.91 Å². The fraction of sp³-hybridized carbons (Fsp3) is 0.316. The number of methoxy groups -OCH3 is 1. The molecule has 10 heteroatoms. The highest BCUT2D eigenvalue weighted by Gasteiger charge is 2.18. The van der Waals surface area contributed by atoms with Crippen molar-refractivity contribution in [3.05, 3.63) is 53.5 Å². The third-order valence-corrected chi connectivity index (χ3v) is 5.89. The molecule has 0 radical (unpaired) electrons. The Morgan fingerprint density at radius 3 is 2.59 bits per heavy atom. The van der Waals surface area contributed by atoms with Crippen LogP contribution in [0.4, 0.5) is 5.69 Å². The second-order valence-corrected chi connectivity index (χ2v) is 8.48. The minimum Gasteiger partial charge on any atom is -0.383 e. The molecule has 1 amide bonds. The highest BCUT2D eigenvalue weighted by atomic mass is 32.2. The maximum atomic E-state index is 12.6. The average Bonchev–Trinajstić information content (AvgIpc) is 3.03. The number of fused-ring (bicyclic) bond motifs is 1. The zero-order valence-corrected chi connectivity index (χ0v) is 17.4. The molecule has 1 aromatic carbocycles. The Morgan fingerprint density at radius 2 is 1.93 bits per heavy atom. The first-order valence-corrected chi connectivity index (χ1v) is 10.4. The van der Waals surface area contributed by atoms with Crippen LogP contribution in [-0.2, 0) is 14.8 Å². The molecule has 154 valence electrons. The molecule has 2 aromatic heterocycles. The van der Waals surface area contributed by atoms with Gasteiger partial charge >= 0.3 is 0 Å². The molecule has 0 aliphatic rings. The Kier molecular flexibility index (Phi) is 5.96. The van der Waals surface area contributed by atoms with Crippen molar-refractivity contribution in [3.8, 4) is 0 Å². The Morgan fingerprint density at radius 1 is 1.24 bits per heavy atom. The fourth-order valence-corrected chi connectivity index (χ4v) is 4.15. The normalized spacial score (nSPS) is 12.8. The van der Waals surface area contributed by atoms with Gasteiger partial charge in [-0.3, -0.25) is 4.79 Å². The first kappa shape index (κ1) is 20.9. The Hall–Kier alpha value is -2.82. The minimum absolute atomic E-state index is 0.102. The summed E-state index contributed by atoms with van der Waals surface area (Å²) in [4.78, 5) is 17.0. The van der Waals surface area contributed by atoms with Crippen LogP contribution in [0, 0.1) is 13.8 Å². The molecule has 29 heavy (non-hydrogen) atoms. The standard InChI is InChI=1S/C19H23N5O4S/c1-12-9-18-20-10-17(14(3)24(18)22-12)19(25)21-15-5-7-16(8-6-15)29(26,27)23-13(2)11-28-4/h5-10,13,23H,11H2,1-4H3,(H,21,25)/t13-/m0/s1. The van der Waals surface area contributed by atoms with E-state index in [0.717, 1.165) is 5.69 Å². The molecule has 0 aliphatic carbocycles. The van der Waals surface area contributed by atoms with Crippen molar-refractivity contribution in [2.45, 2.75) is 31.7 Å². The van der Waals surface area contributed by atoms with Crippen molar-refractivity contribution in [1.82, 2.24) is 19.3 Å². The van der Waals surface area contributed by atoms with E-state index in [2.05, 4.69) is 20.1 Å². The number of anilines is 1. The molecule has 2 heterocycles. The molecule has 0 unspecified atom stereocenters. The summed E-state index contributed by atoms with van der Waals surface area (Å²) in [6.07, 6.45) is 1.50. The zero-order valence-electron chi connectivity index (χ0n) is 16.6. The van der Waals surface area contributed by atoms with E-state index in [9.17, 15) is 13.2 Å². The predicted octanol–water partition coefficient (Wildman–Crippen LogP) is 1.91. The van der Waals surface area contributed by atoms with Gasteiger partial charge in [0.05, 0.1) is 28.5 Å². The summed E-state index contributed by atoms with van der Waals surface area (Å²) in [5.41, 5.74) is 2.99. The number of rotatable bonds is 7. The van der Waals surface area contributed by atoms with Crippen LogP contribution < -0.4 is 10.0 Å². The van der Waals surface area contributed by atoms with Crippen molar-refractivity contribution in [3.63, 3.8) is 0 Å². The van der Waals surface area contributed by atoms with Gasteiger partial charge in [0, 0.05) is 31.1 Å². The monoisotopic (exact) mass is 417 g/mol. The number of hydrogen-bond donors (Lipinski definition) is 2. The van der Waals surface area contributed by atoms with Crippen LogP contribution in [0.5, 0.6) is 0 Å². The van der Waals surface area contributed by atoms with Crippen LogP contribution in [0.2, 0.25) is 0 Å². The highest BCUT2D eigenvalue weighted by molar-refractivity contribution is 7.89. The lowest BCUT2D eigenvalue weighted by Gasteiger charge is -2.13. The van der Waals surface area contributed by atoms with Gasteiger partial charge in [-0.25, -0.2) is 22.6 Å². The molecule has 0 fully saturated rings. The van der Waals surface area contributed by atoms with Crippen molar-refractivity contribution < 1.29 is 17.9 Å². The summed E-state index contributed by atoms with van der Waals surface area (Å²) in [5, 5.41) is 7.08. The number of carbonyl (C=O) groups is 1.